The van der Waals surface area contributed by atoms with E-state index in [0.717, 1.165) is 10.2 Å². The number of carbonyl (C=O) groups is 1. The van der Waals surface area contributed by atoms with Crippen molar-refractivity contribution in [1.29, 1.82) is 0 Å². The number of hydrogen-bond acceptors (Lipinski definition) is 3. The van der Waals surface area contributed by atoms with Crippen LogP contribution in [0.2, 0.25) is 0 Å². The number of aliphatic hydroxyl groups excluding tert-OH is 1. The van der Waals surface area contributed by atoms with Crippen LogP contribution in [0.3, 0.4) is 0 Å². The molecule has 0 bridgehead atoms. The summed E-state index contributed by atoms with van der Waals surface area (Å²) in [5, 5.41) is 9.10. The fourth-order valence-electron chi connectivity index (χ4n) is 2.00. The molecule has 1 heterocycles. The van der Waals surface area contributed by atoms with Gasteiger partial charge in [0.1, 0.15) is 5.75 Å². The Bertz CT molecular complexity index is 436. The maximum Gasteiger partial charge on any atom is 0.227 e. The van der Waals surface area contributed by atoms with Crippen LogP contribution in [-0.4, -0.2) is 31.3 Å². The topological polar surface area (TPSA) is 49.8 Å². The van der Waals surface area contributed by atoms with Gasteiger partial charge in [-0.2, -0.15) is 0 Å². The van der Waals surface area contributed by atoms with Crippen molar-refractivity contribution < 1.29 is 14.6 Å². The van der Waals surface area contributed by atoms with E-state index in [1.54, 1.807) is 12.0 Å². The molecule has 1 aliphatic heterocycles. The van der Waals surface area contributed by atoms with E-state index in [9.17, 15) is 4.79 Å². The Morgan fingerprint density at radius 2 is 2.35 bits per heavy atom. The first-order valence-corrected chi connectivity index (χ1v) is 6.20. The van der Waals surface area contributed by atoms with Crippen LogP contribution in [0.4, 0.5) is 5.69 Å². The van der Waals surface area contributed by atoms with E-state index in [4.69, 9.17) is 9.84 Å². The third kappa shape index (κ3) is 2.30. The molecule has 5 heteroatoms. The largest absolute Gasteiger partial charge is 0.495 e. The highest BCUT2D eigenvalue weighted by Gasteiger charge is 2.31. The number of anilines is 1. The monoisotopic (exact) mass is 299 g/mol. The van der Waals surface area contributed by atoms with Gasteiger partial charge in [-0.3, -0.25) is 4.79 Å². The summed E-state index contributed by atoms with van der Waals surface area (Å²) < 4.78 is 5.97. The van der Waals surface area contributed by atoms with Crippen LogP contribution < -0.4 is 9.64 Å². The third-order valence-corrected chi connectivity index (χ3v) is 3.71. The molecule has 1 atom stereocenters. The summed E-state index contributed by atoms with van der Waals surface area (Å²) in [6.07, 6.45) is 0.403. The Morgan fingerprint density at radius 3 is 2.94 bits per heavy atom. The second-order valence-electron chi connectivity index (χ2n) is 4.05. The molecule has 92 valence electrons. The number of carbonyl (C=O) groups excluding carboxylic acids is 1. The number of ether oxygens (including phenoxy) is 1. The molecule has 1 fully saturated rings. The molecule has 1 aromatic carbocycles. The molecule has 2 rings (SSSR count). The third-order valence-electron chi connectivity index (χ3n) is 2.92. The Labute approximate surface area is 108 Å². The van der Waals surface area contributed by atoms with Crippen molar-refractivity contribution in [3.63, 3.8) is 0 Å². The average Bonchev–Trinajstić information content (AvgIpc) is 2.71. The molecule has 17 heavy (non-hydrogen) atoms. The van der Waals surface area contributed by atoms with Gasteiger partial charge in [0.05, 0.1) is 17.3 Å². The molecule has 4 nitrogen and oxygen atoms in total. The van der Waals surface area contributed by atoms with Gasteiger partial charge in [-0.05, 0) is 28.1 Å². The van der Waals surface area contributed by atoms with E-state index in [1.165, 1.54) is 0 Å². The maximum absolute atomic E-state index is 11.8. The SMILES string of the molecule is COc1cccc(N2CC(CO)CC2=O)c1Br. The van der Waals surface area contributed by atoms with E-state index in [1.807, 2.05) is 18.2 Å². The molecule has 0 aliphatic carbocycles. The van der Waals surface area contributed by atoms with Crippen molar-refractivity contribution in [2.24, 2.45) is 5.92 Å². The van der Waals surface area contributed by atoms with Gasteiger partial charge < -0.3 is 14.7 Å². The lowest BCUT2D eigenvalue weighted by molar-refractivity contribution is -0.117. The molecule has 1 aliphatic rings. The van der Waals surface area contributed by atoms with Crippen LogP contribution in [0, 0.1) is 5.92 Å². The lowest BCUT2D eigenvalue weighted by atomic mass is 10.1. The molecule has 1 N–H and O–H groups in total. The molecular formula is C12H14BrNO3. The predicted molar refractivity (Wildman–Crippen MR) is 68.2 cm³/mol. The fraction of sp³-hybridized carbons (Fsp3) is 0.417. The minimum atomic E-state index is 0.0283. The second kappa shape index (κ2) is 5.06. The van der Waals surface area contributed by atoms with Crippen molar-refractivity contribution in [1.82, 2.24) is 0 Å². The summed E-state index contributed by atoms with van der Waals surface area (Å²) in [6.45, 7) is 0.602. The first kappa shape index (κ1) is 12.4. The van der Waals surface area contributed by atoms with Crippen LogP contribution in [-0.2, 0) is 4.79 Å². The van der Waals surface area contributed by atoms with Gasteiger partial charge in [-0.15, -0.1) is 0 Å². The maximum atomic E-state index is 11.8. The zero-order valence-electron chi connectivity index (χ0n) is 9.52. The average molecular weight is 300 g/mol. The Morgan fingerprint density at radius 1 is 1.59 bits per heavy atom. The van der Waals surface area contributed by atoms with Gasteiger partial charge in [-0.25, -0.2) is 0 Å². The molecule has 0 aromatic heterocycles. The summed E-state index contributed by atoms with van der Waals surface area (Å²) in [6, 6.07) is 5.54. The Kier molecular flexibility index (Phi) is 3.69. The number of benzene rings is 1. The standard InChI is InChI=1S/C12H14BrNO3/c1-17-10-4-2-3-9(12(10)13)14-6-8(7-15)5-11(14)16/h2-4,8,15H,5-7H2,1H3. The van der Waals surface area contributed by atoms with Gasteiger partial charge in [0.15, 0.2) is 0 Å². The Balaban J connectivity index is 2.32. The highest BCUT2D eigenvalue weighted by Crippen LogP contribution is 2.37. The number of amides is 1. The highest BCUT2D eigenvalue weighted by atomic mass is 79.9. The summed E-state index contributed by atoms with van der Waals surface area (Å²) in [4.78, 5) is 13.5. The normalized spacial score (nSPS) is 19.8. The number of methoxy groups -OCH3 is 1. The van der Waals surface area contributed by atoms with E-state index in [0.29, 0.717) is 18.7 Å². The lowest BCUT2D eigenvalue weighted by Gasteiger charge is -2.19. The summed E-state index contributed by atoms with van der Waals surface area (Å²) in [7, 11) is 1.59. The number of halogens is 1. The predicted octanol–water partition coefficient (Wildman–Crippen LogP) is 1.80. The fourth-order valence-corrected chi connectivity index (χ4v) is 2.64. The molecule has 1 aromatic rings. The minimum Gasteiger partial charge on any atom is -0.495 e. The number of nitrogens with zero attached hydrogens (tertiary/aromatic N) is 1. The van der Waals surface area contributed by atoms with Crippen LogP contribution in [0.15, 0.2) is 22.7 Å². The quantitative estimate of drug-likeness (QED) is 0.926. The van der Waals surface area contributed by atoms with Gasteiger partial charge in [0.25, 0.3) is 0 Å². The molecule has 0 spiro atoms. The molecule has 1 amide bonds. The van der Waals surface area contributed by atoms with E-state index >= 15 is 0 Å². The van der Waals surface area contributed by atoms with Gasteiger partial charge >= 0.3 is 0 Å². The zero-order valence-corrected chi connectivity index (χ0v) is 11.1. The molecular weight excluding hydrogens is 286 g/mol. The number of hydrogen-bond donors (Lipinski definition) is 1. The summed E-state index contributed by atoms with van der Waals surface area (Å²) >= 11 is 3.44. The van der Waals surface area contributed by atoms with Gasteiger partial charge in [0.2, 0.25) is 5.91 Å². The number of rotatable bonds is 3. The summed E-state index contributed by atoms with van der Waals surface area (Å²) in [5.74, 6) is 0.765. The molecule has 0 saturated carbocycles. The summed E-state index contributed by atoms with van der Waals surface area (Å²) in [5.41, 5.74) is 0.797. The van der Waals surface area contributed by atoms with Crippen molar-refractivity contribution in [3.05, 3.63) is 22.7 Å². The molecule has 0 radical (unpaired) electrons. The van der Waals surface area contributed by atoms with Crippen molar-refractivity contribution in [2.75, 3.05) is 25.2 Å². The highest BCUT2D eigenvalue weighted by molar-refractivity contribution is 9.10. The first-order valence-electron chi connectivity index (χ1n) is 5.41. The molecule has 1 unspecified atom stereocenters. The van der Waals surface area contributed by atoms with Crippen molar-refractivity contribution >= 4 is 27.5 Å². The number of aliphatic hydroxyl groups is 1. The van der Waals surface area contributed by atoms with Crippen LogP contribution in [0.5, 0.6) is 5.75 Å². The van der Waals surface area contributed by atoms with Gasteiger partial charge in [0, 0.05) is 25.5 Å². The minimum absolute atomic E-state index is 0.0283. The van der Waals surface area contributed by atoms with Crippen LogP contribution >= 0.6 is 15.9 Å². The van der Waals surface area contributed by atoms with Gasteiger partial charge in [-0.1, -0.05) is 6.07 Å². The lowest BCUT2D eigenvalue weighted by Crippen LogP contribution is -2.25. The molecule has 1 saturated heterocycles. The van der Waals surface area contributed by atoms with E-state index < -0.39 is 0 Å². The van der Waals surface area contributed by atoms with E-state index in [-0.39, 0.29) is 18.4 Å². The smallest absolute Gasteiger partial charge is 0.227 e. The van der Waals surface area contributed by atoms with Crippen LogP contribution in [0.1, 0.15) is 6.42 Å². The Hall–Kier alpha value is -1.07. The van der Waals surface area contributed by atoms with Crippen molar-refractivity contribution in [2.45, 2.75) is 6.42 Å². The van der Waals surface area contributed by atoms with E-state index in [2.05, 4.69) is 15.9 Å². The first-order chi connectivity index (χ1) is 8.17. The van der Waals surface area contributed by atoms with Crippen LogP contribution in [0.25, 0.3) is 0 Å². The second-order valence-corrected chi connectivity index (χ2v) is 4.84. The zero-order chi connectivity index (χ0) is 12.4. The van der Waals surface area contributed by atoms with Crippen molar-refractivity contribution in [3.8, 4) is 5.75 Å².